The number of carbonyl (C=O) groups excluding carboxylic acids is 2. The number of nitrogens with one attached hydrogen (secondary N) is 1. The number of carbonyl (C=O) groups is 2. The lowest BCUT2D eigenvalue weighted by molar-refractivity contribution is -0.141. The standard InChI is InChI=1S/C31H36Cl3N3O5S/c1-7-27(30(39)35-31(3,4)5)36(18-21-10-14-24(32)25(33)16-21)29(38)19-37(22-11-15-28(42-6)26(34)17-22)43(40,41)23-12-8-20(2)9-13-23/h8-17,27H,7,18-19H2,1-6H3,(H,35,39). The molecule has 1 unspecified atom stereocenters. The van der Waals surface area contributed by atoms with E-state index in [-0.39, 0.29) is 39.5 Å². The number of anilines is 1. The van der Waals surface area contributed by atoms with Crippen molar-refractivity contribution in [1.82, 2.24) is 10.2 Å². The highest BCUT2D eigenvalue weighted by molar-refractivity contribution is 7.92. The second-order valence-corrected chi connectivity index (χ2v) is 14.2. The number of methoxy groups -OCH3 is 1. The van der Waals surface area contributed by atoms with Crippen molar-refractivity contribution in [3.8, 4) is 5.75 Å². The van der Waals surface area contributed by atoms with Crippen LogP contribution in [-0.2, 0) is 26.2 Å². The maximum absolute atomic E-state index is 14.2. The largest absolute Gasteiger partial charge is 0.495 e. The van der Waals surface area contributed by atoms with Crippen LogP contribution < -0.4 is 14.4 Å². The molecule has 43 heavy (non-hydrogen) atoms. The summed E-state index contributed by atoms with van der Waals surface area (Å²) in [6, 6.07) is 14.8. The van der Waals surface area contributed by atoms with Crippen LogP contribution in [0.2, 0.25) is 15.1 Å². The minimum Gasteiger partial charge on any atom is -0.495 e. The average Bonchev–Trinajstić information content (AvgIpc) is 2.92. The molecule has 1 atom stereocenters. The first kappa shape index (κ1) is 34.5. The molecule has 0 radical (unpaired) electrons. The molecule has 0 aliphatic rings. The van der Waals surface area contributed by atoms with E-state index in [0.29, 0.717) is 16.3 Å². The molecular weight excluding hydrogens is 633 g/mol. The Hall–Kier alpha value is -2.98. The lowest BCUT2D eigenvalue weighted by Gasteiger charge is -2.35. The van der Waals surface area contributed by atoms with Crippen LogP contribution in [0.3, 0.4) is 0 Å². The van der Waals surface area contributed by atoms with Gasteiger partial charge in [-0.2, -0.15) is 0 Å². The molecule has 0 aliphatic carbocycles. The second-order valence-electron chi connectivity index (χ2n) is 11.1. The van der Waals surface area contributed by atoms with E-state index in [0.717, 1.165) is 9.87 Å². The minimum absolute atomic E-state index is 0.00797. The predicted molar refractivity (Wildman–Crippen MR) is 173 cm³/mol. The van der Waals surface area contributed by atoms with Crippen molar-refractivity contribution in [2.45, 2.75) is 64.1 Å². The quantitative estimate of drug-likeness (QED) is 0.240. The second kappa shape index (κ2) is 14.2. The summed E-state index contributed by atoms with van der Waals surface area (Å²) in [5.41, 5.74) is 1.08. The Kier molecular flexibility index (Phi) is 11.4. The fraction of sp³-hybridized carbons (Fsp3) is 0.355. The smallest absolute Gasteiger partial charge is 0.264 e. The highest BCUT2D eigenvalue weighted by Crippen LogP contribution is 2.32. The van der Waals surface area contributed by atoms with E-state index in [1.807, 2.05) is 27.7 Å². The number of amides is 2. The predicted octanol–water partition coefficient (Wildman–Crippen LogP) is 6.88. The summed E-state index contributed by atoms with van der Waals surface area (Å²) in [4.78, 5) is 29.0. The number of hydrogen-bond acceptors (Lipinski definition) is 5. The molecule has 0 heterocycles. The van der Waals surface area contributed by atoms with Crippen LogP contribution in [0.1, 0.15) is 45.2 Å². The summed E-state index contributed by atoms with van der Waals surface area (Å²) in [6.45, 7) is 8.51. The summed E-state index contributed by atoms with van der Waals surface area (Å²) in [5.74, 6) is -0.635. The fourth-order valence-corrected chi connectivity index (χ4v) is 6.36. The molecular formula is C31H36Cl3N3O5S. The molecule has 0 aliphatic heterocycles. The van der Waals surface area contributed by atoms with E-state index in [9.17, 15) is 18.0 Å². The van der Waals surface area contributed by atoms with Gasteiger partial charge in [0.25, 0.3) is 10.0 Å². The molecule has 3 rings (SSSR count). The zero-order chi connectivity index (χ0) is 32.1. The van der Waals surface area contributed by atoms with E-state index in [2.05, 4.69) is 5.32 Å². The van der Waals surface area contributed by atoms with Gasteiger partial charge in [0.2, 0.25) is 11.8 Å². The van der Waals surface area contributed by atoms with Gasteiger partial charge in [0.05, 0.1) is 32.8 Å². The molecule has 0 fully saturated rings. The number of sulfonamides is 1. The Morgan fingerprint density at radius 1 is 0.930 bits per heavy atom. The summed E-state index contributed by atoms with van der Waals surface area (Å²) >= 11 is 18.8. The number of ether oxygens (including phenoxy) is 1. The minimum atomic E-state index is -4.26. The van der Waals surface area contributed by atoms with Gasteiger partial charge in [-0.25, -0.2) is 8.42 Å². The Morgan fingerprint density at radius 2 is 1.58 bits per heavy atom. The molecule has 0 bridgehead atoms. The number of halogens is 3. The zero-order valence-electron chi connectivity index (χ0n) is 24.9. The van der Waals surface area contributed by atoms with Crippen LogP contribution >= 0.6 is 34.8 Å². The van der Waals surface area contributed by atoms with Crippen LogP contribution in [0.15, 0.2) is 65.6 Å². The number of nitrogens with zero attached hydrogens (tertiary/aromatic N) is 2. The van der Waals surface area contributed by atoms with E-state index in [4.69, 9.17) is 39.5 Å². The van der Waals surface area contributed by atoms with Gasteiger partial charge in [-0.3, -0.25) is 13.9 Å². The van der Waals surface area contributed by atoms with Crippen LogP contribution in [0.4, 0.5) is 5.69 Å². The zero-order valence-corrected chi connectivity index (χ0v) is 28.0. The average molecular weight is 669 g/mol. The highest BCUT2D eigenvalue weighted by Gasteiger charge is 2.35. The molecule has 3 aromatic rings. The third-order valence-corrected chi connectivity index (χ3v) is 9.35. The van der Waals surface area contributed by atoms with Gasteiger partial charge < -0.3 is 15.0 Å². The molecule has 1 N–H and O–H groups in total. The highest BCUT2D eigenvalue weighted by atomic mass is 35.5. The van der Waals surface area contributed by atoms with Crippen molar-refractivity contribution in [3.05, 3.63) is 86.9 Å². The molecule has 0 aromatic heterocycles. The van der Waals surface area contributed by atoms with Crippen molar-refractivity contribution in [2.75, 3.05) is 18.0 Å². The normalized spacial score (nSPS) is 12.4. The van der Waals surface area contributed by atoms with E-state index < -0.39 is 34.1 Å². The van der Waals surface area contributed by atoms with E-state index in [1.54, 1.807) is 37.3 Å². The number of aryl methyl sites for hydroxylation is 1. The van der Waals surface area contributed by atoms with Gasteiger partial charge in [-0.1, -0.05) is 65.5 Å². The molecule has 0 saturated heterocycles. The van der Waals surface area contributed by atoms with Crippen molar-refractivity contribution >= 4 is 62.3 Å². The molecule has 0 spiro atoms. The summed E-state index contributed by atoms with van der Waals surface area (Å²) in [5, 5.41) is 3.73. The van der Waals surface area contributed by atoms with Crippen LogP contribution in [0.5, 0.6) is 5.75 Å². The fourth-order valence-electron chi connectivity index (χ4n) is 4.38. The van der Waals surface area contributed by atoms with Crippen molar-refractivity contribution < 1.29 is 22.7 Å². The monoisotopic (exact) mass is 667 g/mol. The maximum Gasteiger partial charge on any atom is 0.264 e. The van der Waals surface area contributed by atoms with Gasteiger partial charge in [-0.15, -0.1) is 0 Å². The van der Waals surface area contributed by atoms with Gasteiger partial charge in [0.1, 0.15) is 18.3 Å². The lowest BCUT2D eigenvalue weighted by atomic mass is 10.1. The van der Waals surface area contributed by atoms with Gasteiger partial charge in [0.15, 0.2) is 0 Å². The third kappa shape index (κ3) is 8.79. The van der Waals surface area contributed by atoms with Crippen LogP contribution in [0.25, 0.3) is 0 Å². The van der Waals surface area contributed by atoms with Crippen molar-refractivity contribution in [2.24, 2.45) is 0 Å². The SMILES string of the molecule is CCC(C(=O)NC(C)(C)C)N(Cc1ccc(Cl)c(Cl)c1)C(=O)CN(c1ccc(OC)c(Cl)c1)S(=O)(=O)c1ccc(C)cc1. The molecule has 232 valence electrons. The van der Waals surface area contributed by atoms with Gasteiger partial charge in [0, 0.05) is 12.1 Å². The number of rotatable bonds is 11. The van der Waals surface area contributed by atoms with Crippen LogP contribution in [0, 0.1) is 6.92 Å². The van der Waals surface area contributed by atoms with Crippen LogP contribution in [-0.4, -0.2) is 50.4 Å². The third-order valence-electron chi connectivity index (χ3n) is 6.53. The van der Waals surface area contributed by atoms with E-state index >= 15 is 0 Å². The molecule has 0 saturated carbocycles. The summed E-state index contributed by atoms with van der Waals surface area (Å²) in [7, 11) is -2.81. The molecule has 3 aromatic carbocycles. The van der Waals surface area contributed by atoms with Crippen molar-refractivity contribution in [3.63, 3.8) is 0 Å². The van der Waals surface area contributed by atoms with Crippen molar-refractivity contribution in [1.29, 1.82) is 0 Å². The topological polar surface area (TPSA) is 96.0 Å². The Bertz CT molecular complexity index is 1570. The molecule has 8 nitrogen and oxygen atoms in total. The first-order valence-electron chi connectivity index (χ1n) is 13.6. The molecule has 12 heteroatoms. The molecule has 2 amide bonds. The first-order valence-corrected chi connectivity index (χ1v) is 16.1. The first-order chi connectivity index (χ1) is 20.1. The summed E-state index contributed by atoms with van der Waals surface area (Å²) < 4.78 is 34.3. The van der Waals surface area contributed by atoms with Gasteiger partial charge >= 0.3 is 0 Å². The number of benzene rings is 3. The summed E-state index contributed by atoms with van der Waals surface area (Å²) in [6.07, 6.45) is 0.272. The Morgan fingerprint density at radius 3 is 2.12 bits per heavy atom. The Labute approximate surface area is 268 Å². The maximum atomic E-state index is 14.2. The Balaban J connectivity index is 2.12. The van der Waals surface area contributed by atoms with E-state index in [1.165, 1.54) is 42.3 Å². The lowest BCUT2D eigenvalue weighted by Crippen LogP contribution is -2.55. The number of hydrogen-bond donors (Lipinski definition) is 1. The van der Waals surface area contributed by atoms with Gasteiger partial charge in [-0.05, 0) is 82.1 Å².